The van der Waals surface area contributed by atoms with E-state index in [1.54, 1.807) is 6.08 Å². The van der Waals surface area contributed by atoms with Crippen LogP contribution in [0, 0.1) is 0 Å². The lowest BCUT2D eigenvalue weighted by molar-refractivity contribution is -0.138. The lowest BCUT2D eigenvalue weighted by Gasteiger charge is -2.01. The Labute approximate surface area is 95.2 Å². The van der Waals surface area contributed by atoms with Gasteiger partial charge in [0.1, 0.15) is 6.61 Å². The zero-order valence-electron chi connectivity index (χ0n) is 9.15. The number of hydrogen-bond acceptors (Lipinski definition) is 3. The van der Waals surface area contributed by atoms with Crippen molar-refractivity contribution in [2.75, 3.05) is 6.61 Å². The van der Waals surface area contributed by atoms with Crippen molar-refractivity contribution >= 4 is 11.9 Å². The molecule has 4 nitrogen and oxygen atoms in total. The predicted molar refractivity (Wildman–Crippen MR) is 62.9 cm³/mol. The Morgan fingerprint density at radius 2 is 1.69 bits per heavy atom. The summed E-state index contributed by atoms with van der Waals surface area (Å²) in [7, 11) is 0. The maximum absolute atomic E-state index is 10.9. The molecule has 0 saturated carbocycles. The minimum Gasteiger partial charge on any atom is -0.478 e. The van der Waals surface area contributed by atoms with Crippen molar-refractivity contribution in [1.82, 2.24) is 0 Å². The second-order valence-electron chi connectivity index (χ2n) is 2.53. The molecule has 0 aromatic heterocycles. The third-order valence-corrected chi connectivity index (χ3v) is 1.19. The summed E-state index contributed by atoms with van der Waals surface area (Å²) >= 11 is 0. The van der Waals surface area contributed by atoms with E-state index in [1.165, 1.54) is 6.08 Å². The van der Waals surface area contributed by atoms with Crippen LogP contribution in [-0.4, -0.2) is 23.7 Å². The fourth-order valence-electron chi connectivity index (χ4n) is 0.494. The number of aliphatic carboxylic acids is 1. The van der Waals surface area contributed by atoms with Gasteiger partial charge in [-0.15, -0.1) is 6.58 Å². The summed E-state index contributed by atoms with van der Waals surface area (Å²) in [6.07, 6.45) is 4.42. The standard InChI is InChI=1S/C9H12O2.C3H4O2/c1-4-6-8(3)9(10)11-7-5-2;1-2-3(4)5/h4-5H,1-3,6-7H2;2H,1H2,(H,4,5). The first-order valence-corrected chi connectivity index (χ1v) is 4.41. The van der Waals surface area contributed by atoms with E-state index < -0.39 is 5.97 Å². The van der Waals surface area contributed by atoms with Crippen LogP contribution in [0.5, 0.6) is 0 Å². The first-order valence-electron chi connectivity index (χ1n) is 4.41. The van der Waals surface area contributed by atoms with Crippen molar-refractivity contribution in [2.45, 2.75) is 6.42 Å². The number of carbonyl (C=O) groups is 2. The van der Waals surface area contributed by atoms with Gasteiger partial charge in [-0.3, -0.25) is 0 Å². The van der Waals surface area contributed by atoms with Crippen molar-refractivity contribution in [1.29, 1.82) is 0 Å². The van der Waals surface area contributed by atoms with Gasteiger partial charge in [-0.1, -0.05) is 31.9 Å². The van der Waals surface area contributed by atoms with Crippen molar-refractivity contribution in [3.8, 4) is 0 Å². The van der Waals surface area contributed by atoms with E-state index >= 15 is 0 Å². The molecule has 0 bridgehead atoms. The van der Waals surface area contributed by atoms with Crippen molar-refractivity contribution in [3.63, 3.8) is 0 Å². The molecule has 16 heavy (non-hydrogen) atoms. The Balaban J connectivity index is 0. The van der Waals surface area contributed by atoms with Gasteiger partial charge in [0.05, 0.1) is 0 Å². The molecular weight excluding hydrogens is 208 g/mol. The summed E-state index contributed by atoms with van der Waals surface area (Å²) in [6.45, 7) is 13.6. The summed E-state index contributed by atoms with van der Waals surface area (Å²) < 4.78 is 4.70. The third kappa shape index (κ3) is 11.9. The number of hydrogen-bond donors (Lipinski definition) is 1. The second-order valence-corrected chi connectivity index (χ2v) is 2.53. The average molecular weight is 224 g/mol. The quantitative estimate of drug-likeness (QED) is 0.426. The molecule has 0 aromatic rings. The molecule has 0 aliphatic rings. The average Bonchev–Trinajstić information content (AvgIpc) is 2.26. The molecule has 0 heterocycles. The number of allylic oxidation sites excluding steroid dienone is 1. The maximum Gasteiger partial charge on any atom is 0.334 e. The second kappa shape index (κ2) is 11.0. The maximum atomic E-state index is 10.9. The van der Waals surface area contributed by atoms with Gasteiger partial charge in [-0.05, 0) is 6.42 Å². The van der Waals surface area contributed by atoms with Crippen LogP contribution in [0.3, 0.4) is 0 Å². The highest BCUT2D eigenvalue weighted by Crippen LogP contribution is 2.00. The molecule has 0 saturated heterocycles. The zero-order chi connectivity index (χ0) is 13.0. The van der Waals surface area contributed by atoms with Gasteiger partial charge < -0.3 is 9.84 Å². The SMILES string of the molecule is C=CC(=O)O.C=CCOC(=O)C(=C)CC=C. The summed E-state index contributed by atoms with van der Waals surface area (Å²) in [5, 5.41) is 7.60. The van der Waals surface area contributed by atoms with Gasteiger partial charge in [-0.25, -0.2) is 9.59 Å². The molecule has 1 N–H and O–H groups in total. The lowest BCUT2D eigenvalue weighted by Crippen LogP contribution is -2.06. The van der Waals surface area contributed by atoms with E-state index in [0.717, 1.165) is 6.08 Å². The van der Waals surface area contributed by atoms with Gasteiger partial charge in [0.15, 0.2) is 0 Å². The Hall–Kier alpha value is -2.10. The molecule has 0 spiro atoms. The lowest BCUT2D eigenvalue weighted by atomic mass is 10.2. The first kappa shape index (κ1) is 16.3. The van der Waals surface area contributed by atoms with Crippen LogP contribution in [0.1, 0.15) is 6.42 Å². The molecule has 4 heteroatoms. The summed E-state index contributed by atoms with van der Waals surface area (Å²) in [4.78, 5) is 20.1. The topological polar surface area (TPSA) is 63.6 Å². The van der Waals surface area contributed by atoms with E-state index in [2.05, 4.69) is 26.3 Å². The monoisotopic (exact) mass is 224 g/mol. The fourth-order valence-corrected chi connectivity index (χ4v) is 0.494. The van der Waals surface area contributed by atoms with Crippen LogP contribution in [0.4, 0.5) is 0 Å². The summed E-state index contributed by atoms with van der Waals surface area (Å²) in [5.41, 5.74) is 0.418. The largest absolute Gasteiger partial charge is 0.478 e. The highest BCUT2D eigenvalue weighted by atomic mass is 16.5. The van der Waals surface area contributed by atoms with Crippen LogP contribution in [0.25, 0.3) is 0 Å². The smallest absolute Gasteiger partial charge is 0.334 e. The van der Waals surface area contributed by atoms with Gasteiger partial charge in [0.25, 0.3) is 0 Å². The van der Waals surface area contributed by atoms with Gasteiger partial charge in [0.2, 0.25) is 0 Å². The van der Waals surface area contributed by atoms with Crippen LogP contribution in [0.2, 0.25) is 0 Å². The number of carboxylic acid groups (broad SMARTS) is 1. The van der Waals surface area contributed by atoms with Crippen LogP contribution in [-0.2, 0) is 14.3 Å². The third-order valence-electron chi connectivity index (χ3n) is 1.19. The van der Waals surface area contributed by atoms with E-state index in [9.17, 15) is 9.59 Å². The predicted octanol–water partition coefficient (Wildman–Crippen LogP) is 2.10. The van der Waals surface area contributed by atoms with E-state index in [4.69, 9.17) is 9.84 Å². The molecule has 0 aromatic carbocycles. The Kier molecular flexibility index (Phi) is 11.2. The molecule has 0 unspecified atom stereocenters. The minimum absolute atomic E-state index is 0.231. The van der Waals surface area contributed by atoms with Crippen molar-refractivity contribution < 1.29 is 19.4 Å². The molecule has 0 rings (SSSR count). The minimum atomic E-state index is -0.981. The molecule has 0 aliphatic carbocycles. The highest BCUT2D eigenvalue weighted by molar-refractivity contribution is 5.88. The summed E-state index contributed by atoms with van der Waals surface area (Å²) in [6, 6.07) is 0. The summed E-state index contributed by atoms with van der Waals surface area (Å²) in [5.74, 6) is -1.37. The first-order chi connectivity index (χ1) is 7.49. The van der Waals surface area contributed by atoms with Gasteiger partial charge in [0, 0.05) is 11.6 Å². The molecule has 0 atom stereocenters. The Bertz CT molecular complexity index is 289. The number of esters is 1. The van der Waals surface area contributed by atoms with Crippen LogP contribution in [0.15, 0.2) is 50.1 Å². The molecular formula is C12H16O4. The van der Waals surface area contributed by atoms with Gasteiger partial charge >= 0.3 is 11.9 Å². The van der Waals surface area contributed by atoms with Crippen LogP contribution >= 0.6 is 0 Å². The van der Waals surface area contributed by atoms with E-state index in [0.29, 0.717) is 12.0 Å². The van der Waals surface area contributed by atoms with Gasteiger partial charge in [-0.2, -0.15) is 0 Å². The zero-order valence-corrected chi connectivity index (χ0v) is 9.15. The number of carbonyl (C=O) groups excluding carboxylic acids is 1. The Morgan fingerprint density at radius 3 is 2.00 bits per heavy atom. The van der Waals surface area contributed by atoms with E-state index in [1.807, 2.05) is 0 Å². The molecule has 0 aliphatic heterocycles. The van der Waals surface area contributed by atoms with Crippen molar-refractivity contribution in [3.05, 3.63) is 50.1 Å². The molecule has 0 amide bonds. The Morgan fingerprint density at radius 1 is 1.19 bits per heavy atom. The van der Waals surface area contributed by atoms with Crippen molar-refractivity contribution in [2.24, 2.45) is 0 Å². The highest BCUT2D eigenvalue weighted by Gasteiger charge is 2.04. The molecule has 88 valence electrons. The van der Waals surface area contributed by atoms with E-state index in [-0.39, 0.29) is 12.6 Å². The number of rotatable bonds is 6. The number of carboxylic acids is 1. The number of ether oxygens (including phenoxy) is 1. The van der Waals surface area contributed by atoms with Crippen LogP contribution < -0.4 is 0 Å². The molecule has 0 radical (unpaired) electrons. The normalized spacial score (nSPS) is 7.75. The fraction of sp³-hybridized carbons (Fsp3) is 0.167. The molecule has 0 fully saturated rings.